The molecule has 15 heavy (non-hydrogen) atoms. The molecule has 0 unspecified atom stereocenters. The minimum atomic E-state index is -2.99. The van der Waals surface area contributed by atoms with Crippen molar-refractivity contribution in [3.8, 4) is 0 Å². The van der Waals surface area contributed by atoms with Crippen LogP contribution in [0.4, 0.5) is 0 Å². The zero-order chi connectivity index (χ0) is 11.9. The van der Waals surface area contributed by atoms with E-state index in [-0.39, 0.29) is 11.3 Å². The summed E-state index contributed by atoms with van der Waals surface area (Å²) in [5, 5.41) is 0. The largest absolute Gasteiger partial charge is 0.323 e. The van der Waals surface area contributed by atoms with Crippen LogP contribution in [0.15, 0.2) is 0 Å². The van der Waals surface area contributed by atoms with E-state index in [0.29, 0.717) is 6.54 Å². The third-order valence-electron chi connectivity index (χ3n) is 2.78. The van der Waals surface area contributed by atoms with Crippen LogP contribution in [0, 0.1) is 0 Å². The van der Waals surface area contributed by atoms with Crippen molar-refractivity contribution in [2.24, 2.45) is 5.73 Å². The number of hydrogen-bond donors (Lipinski definition) is 1. The molecule has 0 amide bonds. The summed E-state index contributed by atoms with van der Waals surface area (Å²) in [6.45, 7) is 9.41. The summed E-state index contributed by atoms with van der Waals surface area (Å²) in [5.74, 6) is 0.229. The molecule has 0 aliphatic carbocycles. The fraction of sp³-hybridized carbons (Fsp3) is 1.00. The van der Waals surface area contributed by atoms with Crippen molar-refractivity contribution in [3.05, 3.63) is 0 Å². The van der Waals surface area contributed by atoms with Crippen LogP contribution in [0.3, 0.4) is 0 Å². The molecular weight excluding hydrogens is 212 g/mol. The molecule has 90 valence electrons. The normalized spacial score (nSPS) is 22.5. The number of sulfone groups is 1. The van der Waals surface area contributed by atoms with E-state index in [9.17, 15) is 8.42 Å². The van der Waals surface area contributed by atoms with E-state index in [2.05, 4.69) is 4.90 Å². The molecule has 0 saturated carbocycles. The van der Waals surface area contributed by atoms with Crippen LogP contribution < -0.4 is 5.73 Å². The molecule has 0 aromatic carbocycles. The summed E-state index contributed by atoms with van der Waals surface area (Å²) in [6, 6.07) is 0. The topological polar surface area (TPSA) is 63.4 Å². The van der Waals surface area contributed by atoms with Gasteiger partial charge >= 0.3 is 0 Å². The van der Waals surface area contributed by atoms with Crippen molar-refractivity contribution in [2.75, 3.05) is 25.4 Å². The van der Waals surface area contributed by atoms with E-state index < -0.39 is 14.6 Å². The summed E-state index contributed by atoms with van der Waals surface area (Å²) in [7, 11) is -2.99. The summed E-state index contributed by atoms with van der Waals surface area (Å²) in [5.41, 5.74) is 5.73. The maximum Gasteiger partial charge on any atom is 0.156 e. The van der Waals surface area contributed by atoms with Crippen molar-refractivity contribution >= 4 is 9.84 Å². The van der Waals surface area contributed by atoms with Crippen LogP contribution >= 0.6 is 0 Å². The van der Waals surface area contributed by atoms with E-state index in [1.54, 1.807) is 20.8 Å². The van der Waals surface area contributed by atoms with E-state index in [1.807, 2.05) is 6.92 Å². The lowest BCUT2D eigenvalue weighted by Crippen LogP contribution is -2.65. The smallest absolute Gasteiger partial charge is 0.156 e. The average Bonchev–Trinajstić information content (AvgIpc) is 1.94. The number of hydrogen-bond acceptors (Lipinski definition) is 4. The highest BCUT2D eigenvalue weighted by Gasteiger charge is 2.36. The number of rotatable bonds is 3. The van der Waals surface area contributed by atoms with Crippen LogP contribution in [-0.2, 0) is 9.84 Å². The van der Waals surface area contributed by atoms with Crippen molar-refractivity contribution in [3.63, 3.8) is 0 Å². The minimum absolute atomic E-state index is 0.120. The van der Waals surface area contributed by atoms with Gasteiger partial charge in [0.15, 0.2) is 9.84 Å². The Morgan fingerprint density at radius 1 is 1.33 bits per heavy atom. The zero-order valence-corrected chi connectivity index (χ0v) is 10.9. The molecule has 4 nitrogen and oxygen atoms in total. The molecule has 1 fully saturated rings. The van der Waals surface area contributed by atoms with Crippen LogP contribution in [0.1, 0.15) is 27.7 Å². The van der Waals surface area contributed by atoms with Crippen molar-refractivity contribution < 1.29 is 8.42 Å². The SMILES string of the molecule is CC1(N)CN(CCS(=O)(=O)C(C)(C)C)C1. The van der Waals surface area contributed by atoms with Gasteiger partial charge in [0.1, 0.15) is 0 Å². The van der Waals surface area contributed by atoms with Gasteiger partial charge in [-0.3, -0.25) is 4.90 Å². The first-order valence-corrected chi connectivity index (χ1v) is 6.92. The minimum Gasteiger partial charge on any atom is -0.323 e. The number of nitrogens with zero attached hydrogens (tertiary/aromatic N) is 1. The summed E-state index contributed by atoms with van der Waals surface area (Å²) in [4.78, 5) is 2.09. The Kier molecular flexibility index (Phi) is 3.20. The molecule has 2 N–H and O–H groups in total. The van der Waals surface area contributed by atoms with Gasteiger partial charge in [0.2, 0.25) is 0 Å². The third-order valence-corrected chi connectivity index (χ3v) is 5.36. The van der Waals surface area contributed by atoms with Crippen LogP contribution in [0.5, 0.6) is 0 Å². The van der Waals surface area contributed by atoms with Crippen molar-refractivity contribution in [1.82, 2.24) is 4.90 Å². The molecule has 1 aliphatic heterocycles. The molecule has 0 aromatic heterocycles. The highest BCUT2D eigenvalue weighted by molar-refractivity contribution is 7.92. The molecule has 5 heteroatoms. The first-order chi connectivity index (χ1) is 6.54. The molecule has 0 radical (unpaired) electrons. The van der Waals surface area contributed by atoms with Crippen LogP contribution in [0.25, 0.3) is 0 Å². The lowest BCUT2D eigenvalue weighted by atomic mass is 9.94. The van der Waals surface area contributed by atoms with Gasteiger partial charge < -0.3 is 5.73 Å². The molecule has 1 saturated heterocycles. The Labute approximate surface area is 92.7 Å². The van der Waals surface area contributed by atoms with E-state index in [1.165, 1.54) is 0 Å². The molecule has 1 aliphatic rings. The van der Waals surface area contributed by atoms with Gasteiger partial charge in [-0.15, -0.1) is 0 Å². The molecule has 0 bridgehead atoms. The van der Waals surface area contributed by atoms with Gasteiger partial charge in [-0.05, 0) is 27.7 Å². The highest BCUT2D eigenvalue weighted by atomic mass is 32.2. The summed E-state index contributed by atoms with van der Waals surface area (Å²) >= 11 is 0. The fourth-order valence-corrected chi connectivity index (χ4v) is 2.80. The second kappa shape index (κ2) is 3.71. The molecule has 0 aromatic rings. The highest BCUT2D eigenvalue weighted by Crippen LogP contribution is 2.20. The number of nitrogens with two attached hydrogens (primary N) is 1. The predicted octanol–water partition coefficient (Wildman–Crippen LogP) is 0.233. The standard InChI is InChI=1S/C10H22N2O2S/c1-9(2,3)15(13,14)6-5-12-7-10(4,11)8-12/h5-8,11H2,1-4H3. The average molecular weight is 234 g/mol. The summed E-state index contributed by atoms with van der Waals surface area (Å²) < 4.78 is 23.0. The quantitative estimate of drug-likeness (QED) is 0.759. The lowest BCUT2D eigenvalue weighted by Gasteiger charge is -2.45. The van der Waals surface area contributed by atoms with Crippen LogP contribution in [0.2, 0.25) is 0 Å². The van der Waals surface area contributed by atoms with Crippen molar-refractivity contribution in [1.29, 1.82) is 0 Å². The summed E-state index contributed by atoms with van der Waals surface area (Å²) in [6.07, 6.45) is 0. The van der Waals surface area contributed by atoms with Gasteiger partial charge in [0, 0.05) is 25.2 Å². The second-order valence-electron chi connectivity index (χ2n) is 5.80. The lowest BCUT2D eigenvalue weighted by molar-refractivity contribution is 0.0912. The Bertz CT molecular complexity index is 320. The third kappa shape index (κ3) is 3.16. The maximum atomic E-state index is 11.8. The van der Waals surface area contributed by atoms with E-state index in [4.69, 9.17) is 5.73 Å². The van der Waals surface area contributed by atoms with Crippen LogP contribution in [-0.4, -0.2) is 49.0 Å². The molecule has 1 rings (SSSR count). The fourth-order valence-electron chi connectivity index (χ4n) is 1.69. The van der Waals surface area contributed by atoms with Gasteiger partial charge in [0.05, 0.1) is 10.5 Å². The van der Waals surface area contributed by atoms with Crippen molar-refractivity contribution in [2.45, 2.75) is 38.0 Å². The Balaban J connectivity index is 2.40. The Hall–Kier alpha value is -0.130. The van der Waals surface area contributed by atoms with E-state index in [0.717, 1.165) is 13.1 Å². The zero-order valence-electron chi connectivity index (χ0n) is 10.1. The molecule has 0 spiro atoms. The monoisotopic (exact) mass is 234 g/mol. The molecule has 1 heterocycles. The van der Waals surface area contributed by atoms with Gasteiger partial charge in [-0.2, -0.15) is 0 Å². The molecular formula is C10H22N2O2S. The predicted molar refractivity (Wildman–Crippen MR) is 62.6 cm³/mol. The van der Waals surface area contributed by atoms with Gasteiger partial charge in [0.25, 0.3) is 0 Å². The Morgan fingerprint density at radius 3 is 2.13 bits per heavy atom. The second-order valence-corrected chi connectivity index (χ2v) is 8.66. The molecule has 0 atom stereocenters. The van der Waals surface area contributed by atoms with E-state index >= 15 is 0 Å². The number of likely N-dealkylation sites (tertiary alicyclic amines) is 1. The first-order valence-electron chi connectivity index (χ1n) is 5.27. The first kappa shape index (κ1) is 12.9. The van der Waals surface area contributed by atoms with Gasteiger partial charge in [-0.25, -0.2) is 8.42 Å². The van der Waals surface area contributed by atoms with Gasteiger partial charge in [-0.1, -0.05) is 0 Å². The Morgan fingerprint density at radius 2 is 1.80 bits per heavy atom. The maximum absolute atomic E-state index is 11.8.